The van der Waals surface area contributed by atoms with Crippen LogP contribution in [0.25, 0.3) is 0 Å². The second kappa shape index (κ2) is 5.38. The van der Waals surface area contributed by atoms with Gasteiger partial charge in [-0.2, -0.15) is 0 Å². The minimum atomic E-state index is -0.479. The predicted molar refractivity (Wildman–Crippen MR) is 75.1 cm³/mol. The third kappa shape index (κ3) is 3.39. The third-order valence-corrected chi connectivity index (χ3v) is 4.01. The molecule has 2 aromatic rings. The topological polar surface area (TPSA) is 50.7 Å². The van der Waals surface area contributed by atoms with Crippen molar-refractivity contribution in [2.45, 2.75) is 32.7 Å². The molecule has 2 rings (SSSR count). The summed E-state index contributed by atoms with van der Waals surface area (Å²) in [5.74, 6) is -0.479. The molecule has 0 saturated carbocycles. The highest BCUT2D eigenvalue weighted by atomic mass is 35.5. The number of aromatic nitrogens is 3. The average molecular weight is 301 g/mol. The van der Waals surface area contributed by atoms with Crippen LogP contribution in [-0.2, 0) is 12.0 Å². The first-order valence-electron chi connectivity index (χ1n) is 5.73. The molecule has 0 radical (unpaired) electrons. The van der Waals surface area contributed by atoms with Crippen LogP contribution in [0.15, 0.2) is 12.4 Å². The summed E-state index contributed by atoms with van der Waals surface area (Å²) in [5, 5.41) is 13.1. The zero-order chi connectivity index (χ0) is 14.0. The Labute approximate surface area is 120 Å². The van der Waals surface area contributed by atoms with Crippen molar-refractivity contribution in [3.8, 4) is 0 Å². The fraction of sp³-hybridized carbons (Fsp3) is 0.417. The lowest BCUT2D eigenvalue weighted by atomic mass is 9.98. The van der Waals surface area contributed by atoms with Gasteiger partial charge in [0.1, 0.15) is 10.0 Å². The van der Waals surface area contributed by atoms with E-state index >= 15 is 0 Å². The normalized spacial score (nSPS) is 11.6. The summed E-state index contributed by atoms with van der Waals surface area (Å²) in [7, 11) is 0. The summed E-state index contributed by atoms with van der Waals surface area (Å²) in [6.45, 7) is 6.60. The molecule has 4 nitrogen and oxygen atoms in total. The Morgan fingerprint density at radius 1 is 1.32 bits per heavy atom. The number of anilines is 1. The molecule has 2 heterocycles. The first-order valence-corrected chi connectivity index (χ1v) is 6.93. The molecule has 0 aromatic carbocycles. The molecule has 0 aliphatic heterocycles. The van der Waals surface area contributed by atoms with Gasteiger partial charge in [0.25, 0.3) is 0 Å². The smallest absolute Gasteiger partial charge is 0.166 e. The molecule has 7 heteroatoms. The second-order valence-corrected chi connectivity index (χ2v) is 6.55. The van der Waals surface area contributed by atoms with Crippen LogP contribution in [0.3, 0.4) is 0 Å². The van der Waals surface area contributed by atoms with E-state index in [4.69, 9.17) is 11.6 Å². The molecule has 0 saturated heterocycles. The molecule has 19 heavy (non-hydrogen) atoms. The fourth-order valence-corrected chi connectivity index (χ4v) is 2.42. The summed E-state index contributed by atoms with van der Waals surface area (Å²) >= 11 is 7.38. The number of halogens is 2. The molecule has 102 valence electrons. The second-order valence-electron chi connectivity index (χ2n) is 5.08. The zero-order valence-corrected chi connectivity index (χ0v) is 12.4. The van der Waals surface area contributed by atoms with Gasteiger partial charge in [-0.25, -0.2) is 4.39 Å². The SMILES string of the molecule is CC(C)(C)c1nnc(CNc2c(F)cncc2Cl)s1. The van der Waals surface area contributed by atoms with Crippen LogP contribution in [0.5, 0.6) is 0 Å². The average Bonchev–Trinajstić information content (AvgIpc) is 2.77. The monoisotopic (exact) mass is 300 g/mol. The Balaban J connectivity index is 2.09. The Morgan fingerprint density at radius 3 is 2.63 bits per heavy atom. The Hall–Kier alpha value is -1.27. The zero-order valence-electron chi connectivity index (χ0n) is 10.9. The van der Waals surface area contributed by atoms with Crippen molar-refractivity contribution in [2.24, 2.45) is 0 Å². The van der Waals surface area contributed by atoms with E-state index in [1.807, 2.05) is 0 Å². The molecule has 1 N–H and O–H groups in total. The maximum absolute atomic E-state index is 13.5. The first kappa shape index (κ1) is 14.1. The van der Waals surface area contributed by atoms with Crippen LogP contribution in [0.1, 0.15) is 30.8 Å². The van der Waals surface area contributed by atoms with Gasteiger partial charge in [-0.1, -0.05) is 43.7 Å². The molecule has 0 aliphatic rings. The van der Waals surface area contributed by atoms with E-state index in [2.05, 4.69) is 41.3 Å². The molecular formula is C12H14ClFN4S. The van der Waals surface area contributed by atoms with Gasteiger partial charge in [-0.05, 0) is 0 Å². The highest BCUT2D eigenvalue weighted by Crippen LogP contribution is 2.27. The highest BCUT2D eigenvalue weighted by molar-refractivity contribution is 7.11. The summed E-state index contributed by atoms with van der Waals surface area (Å²) in [6, 6.07) is 0. The van der Waals surface area contributed by atoms with E-state index in [-0.39, 0.29) is 16.1 Å². The number of hydrogen-bond donors (Lipinski definition) is 1. The van der Waals surface area contributed by atoms with Gasteiger partial charge in [0.2, 0.25) is 0 Å². The Bertz CT molecular complexity index is 559. The predicted octanol–water partition coefficient (Wildman–Crippen LogP) is 3.64. The van der Waals surface area contributed by atoms with E-state index in [0.717, 1.165) is 16.2 Å². The minimum absolute atomic E-state index is 0.0323. The maximum Gasteiger partial charge on any atom is 0.166 e. The maximum atomic E-state index is 13.5. The number of pyridine rings is 1. The van der Waals surface area contributed by atoms with Crippen LogP contribution in [0.4, 0.5) is 10.1 Å². The number of rotatable bonds is 3. The lowest BCUT2D eigenvalue weighted by Gasteiger charge is -2.12. The van der Waals surface area contributed by atoms with Crippen molar-refractivity contribution in [2.75, 3.05) is 5.32 Å². The summed E-state index contributed by atoms with van der Waals surface area (Å²) in [5.41, 5.74) is 0.208. The summed E-state index contributed by atoms with van der Waals surface area (Å²) in [4.78, 5) is 3.66. The third-order valence-electron chi connectivity index (χ3n) is 2.38. The number of nitrogens with one attached hydrogen (secondary N) is 1. The molecule has 0 spiro atoms. The summed E-state index contributed by atoms with van der Waals surface area (Å²) < 4.78 is 13.5. The van der Waals surface area contributed by atoms with Gasteiger partial charge in [0, 0.05) is 11.6 Å². The van der Waals surface area contributed by atoms with E-state index in [0.29, 0.717) is 6.54 Å². The summed E-state index contributed by atoms with van der Waals surface area (Å²) in [6.07, 6.45) is 2.52. The van der Waals surface area contributed by atoms with Gasteiger partial charge in [-0.3, -0.25) is 4.98 Å². The highest BCUT2D eigenvalue weighted by Gasteiger charge is 2.19. The van der Waals surface area contributed by atoms with Gasteiger partial charge in [-0.15, -0.1) is 10.2 Å². The van der Waals surface area contributed by atoms with Crippen LogP contribution in [0, 0.1) is 5.82 Å². The fourth-order valence-electron chi connectivity index (χ4n) is 1.37. The number of hydrogen-bond acceptors (Lipinski definition) is 5. The van der Waals surface area contributed by atoms with Crippen molar-refractivity contribution >= 4 is 28.6 Å². The van der Waals surface area contributed by atoms with Gasteiger partial charge in [0.05, 0.1) is 23.5 Å². The lowest BCUT2D eigenvalue weighted by molar-refractivity contribution is 0.578. The standard InChI is InChI=1S/C12H14ClFN4S/c1-12(2,3)11-18-17-9(19-11)6-16-10-7(13)4-15-5-8(10)14/h4-5H,6H2,1-3H3,(H,15,16). The molecule has 0 bridgehead atoms. The largest absolute Gasteiger partial charge is 0.375 e. The van der Waals surface area contributed by atoms with Crippen molar-refractivity contribution in [1.29, 1.82) is 0 Å². The van der Waals surface area contributed by atoms with E-state index in [1.54, 1.807) is 0 Å². The lowest BCUT2D eigenvalue weighted by Crippen LogP contribution is -2.10. The van der Waals surface area contributed by atoms with Gasteiger partial charge < -0.3 is 5.32 Å². The van der Waals surface area contributed by atoms with Crippen molar-refractivity contribution in [1.82, 2.24) is 15.2 Å². The quantitative estimate of drug-likeness (QED) is 0.940. The van der Waals surface area contributed by atoms with E-state index in [1.165, 1.54) is 17.5 Å². The van der Waals surface area contributed by atoms with E-state index < -0.39 is 5.82 Å². The minimum Gasteiger partial charge on any atom is -0.375 e. The first-order chi connectivity index (χ1) is 8.88. The molecule has 0 fully saturated rings. The Kier molecular flexibility index (Phi) is 4.01. The molecule has 0 amide bonds. The van der Waals surface area contributed by atoms with E-state index in [9.17, 15) is 4.39 Å². The van der Waals surface area contributed by atoms with Crippen LogP contribution in [0.2, 0.25) is 5.02 Å². The van der Waals surface area contributed by atoms with Crippen molar-refractivity contribution < 1.29 is 4.39 Å². The molecule has 0 atom stereocenters. The van der Waals surface area contributed by atoms with Crippen molar-refractivity contribution in [3.63, 3.8) is 0 Å². The van der Waals surface area contributed by atoms with Gasteiger partial charge >= 0.3 is 0 Å². The van der Waals surface area contributed by atoms with Crippen LogP contribution in [-0.4, -0.2) is 15.2 Å². The van der Waals surface area contributed by atoms with Crippen molar-refractivity contribution in [3.05, 3.63) is 33.2 Å². The molecule has 0 unspecified atom stereocenters. The Morgan fingerprint density at radius 2 is 2.05 bits per heavy atom. The molecule has 0 aliphatic carbocycles. The molecular weight excluding hydrogens is 287 g/mol. The van der Waals surface area contributed by atoms with Crippen LogP contribution >= 0.6 is 22.9 Å². The number of nitrogens with zero attached hydrogens (tertiary/aromatic N) is 3. The van der Waals surface area contributed by atoms with Gasteiger partial charge in [0.15, 0.2) is 5.82 Å². The molecule has 2 aromatic heterocycles. The van der Waals surface area contributed by atoms with Crippen LogP contribution < -0.4 is 5.32 Å².